The lowest BCUT2D eigenvalue weighted by Gasteiger charge is -2.04. The number of hydrogen-bond donors (Lipinski definition) is 1. The average Bonchev–Trinajstić information content (AvgIpc) is 2.29. The van der Waals surface area contributed by atoms with Crippen molar-refractivity contribution in [3.05, 3.63) is 42.0 Å². The number of fused-ring (bicyclic) bond motifs is 2. The summed E-state index contributed by atoms with van der Waals surface area (Å²) in [4.78, 5) is 8.94. The van der Waals surface area contributed by atoms with Gasteiger partial charge in [0.25, 0.3) is 0 Å². The van der Waals surface area contributed by atoms with Crippen LogP contribution >= 0.6 is 0 Å². The van der Waals surface area contributed by atoms with Gasteiger partial charge in [-0.05, 0) is 30.7 Å². The maximum absolute atomic E-state index is 9.70. The molecule has 0 unspecified atom stereocenters. The van der Waals surface area contributed by atoms with Gasteiger partial charge in [0.15, 0.2) is 0 Å². The molecule has 0 fully saturated rings. The van der Waals surface area contributed by atoms with Crippen molar-refractivity contribution in [2.24, 2.45) is 0 Å². The zero-order valence-electron chi connectivity index (χ0n) is 8.81. The molecule has 0 aliphatic carbocycles. The third-order valence-corrected chi connectivity index (χ3v) is 2.67. The van der Waals surface area contributed by atoms with E-state index in [1.165, 1.54) is 0 Å². The van der Waals surface area contributed by atoms with Gasteiger partial charge in [0.2, 0.25) is 0 Å². The number of hydrogen-bond acceptors (Lipinski definition) is 3. The highest BCUT2D eigenvalue weighted by Gasteiger charge is 2.05. The Morgan fingerprint density at radius 2 is 1.50 bits per heavy atom. The van der Waals surface area contributed by atoms with E-state index in [-0.39, 0.29) is 5.75 Å². The number of benzene rings is 2. The van der Waals surface area contributed by atoms with E-state index in [2.05, 4.69) is 9.97 Å². The van der Waals surface area contributed by atoms with Crippen molar-refractivity contribution >= 4 is 22.1 Å². The van der Waals surface area contributed by atoms with Crippen molar-refractivity contribution in [2.75, 3.05) is 0 Å². The smallest absolute Gasteiger partial charge is 0.143 e. The summed E-state index contributed by atoms with van der Waals surface area (Å²) >= 11 is 0. The Bertz CT molecular complexity index is 630. The summed E-state index contributed by atoms with van der Waals surface area (Å²) in [6, 6.07) is 11.1. The van der Waals surface area contributed by atoms with Crippen molar-refractivity contribution in [3.63, 3.8) is 0 Å². The molecule has 16 heavy (non-hydrogen) atoms. The molecule has 0 spiro atoms. The van der Waals surface area contributed by atoms with E-state index in [1.54, 1.807) is 12.1 Å². The molecule has 3 rings (SSSR count). The van der Waals surface area contributed by atoms with Gasteiger partial charge >= 0.3 is 0 Å². The Labute approximate surface area is 92.4 Å². The number of phenolic OH excluding ortho intramolecular Hbond substituents is 1. The molecule has 0 saturated carbocycles. The maximum Gasteiger partial charge on any atom is 0.143 e. The van der Waals surface area contributed by atoms with Crippen molar-refractivity contribution < 1.29 is 5.11 Å². The first-order valence-corrected chi connectivity index (χ1v) is 5.11. The fraction of sp³-hybridized carbons (Fsp3) is 0.0769. The molecule has 3 aromatic rings. The summed E-state index contributed by atoms with van der Waals surface area (Å²) in [7, 11) is 0. The zero-order chi connectivity index (χ0) is 11.1. The molecular formula is C13H10N2O. The molecule has 2 aromatic carbocycles. The lowest BCUT2D eigenvalue weighted by molar-refractivity contribution is 0.480. The van der Waals surface area contributed by atoms with E-state index in [0.29, 0.717) is 5.52 Å². The molecule has 0 aliphatic rings. The fourth-order valence-corrected chi connectivity index (χ4v) is 1.84. The molecule has 3 heteroatoms. The molecule has 78 valence electrons. The fourth-order valence-electron chi connectivity index (χ4n) is 1.84. The monoisotopic (exact) mass is 210 g/mol. The molecule has 0 amide bonds. The summed E-state index contributed by atoms with van der Waals surface area (Å²) in [6.07, 6.45) is 0. The van der Waals surface area contributed by atoms with E-state index in [1.807, 2.05) is 31.2 Å². The van der Waals surface area contributed by atoms with Crippen LogP contribution in [0.1, 0.15) is 5.56 Å². The third-order valence-electron chi connectivity index (χ3n) is 2.67. The minimum Gasteiger partial charge on any atom is -0.506 e. The van der Waals surface area contributed by atoms with Crippen molar-refractivity contribution in [1.82, 2.24) is 9.97 Å². The highest BCUT2D eigenvalue weighted by atomic mass is 16.3. The predicted octanol–water partition coefficient (Wildman–Crippen LogP) is 2.80. The van der Waals surface area contributed by atoms with E-state index in [0.717, 1.165) is 22.1 Å². The van der Waals surface area contributed by atoms with Crippen LogP contribution in [0, 0.1) is 6.92 Å². The Morgan fingerprint density at radius 1 is 0.875 bits per heavy atom. The van der Waals surface area contributed by atoms with Gasteiger partial charge in [0.1, 0.15) is 11.3 Å². The summed E-state index contributed by atoms with van der Waals surface area (Å²) in [5.41, 5.74) is 4.08. The number of aromatic hydroxyl groups is 1. The summed E-state index contributed by atoms with van der Waals surface area (Å²) < 4.78 is 0. The molecule has 0 bridgehead atoms. The molecule has 0 radical (unpaired) electrons. The van der Waals surface area contributed by atoms with E-state index < -0.39 is 0 Å². The standard InChI is InChI=1S/C13H10N2O/c1-8-4-2-5-9-12(8)14-10-6-3-7-11(16)13(10)15-9/h2-7,16H,1H3. The second-order valence-corrected chi connectivity index (χ2v) is 3.81. The molecule has 1 N–H and O–H groups in total. The number of aromatic nitrogens is 2. The molecule has 0 atom stereocenters. The quantitative estimate of drug-likeness (QED) is 0.580. The van der Waals surface area contributed by atoms with E-state index in [4.69, 9.17) is 0 Å². The normalized spacial score (nSPS) is 11.1. The van der Waals surface area contributed by atoms with E-state index in [9.17, 15) is 5.11 Å². The van der Waals surface area contributed by atoms with Crippen LogP contribution in [0.3, 0.4) is 0 Å². The van der Waals surface area contributed by atoms with Crippen molar-refractivity contribution in [1.29, 1.82) is 0 Å². The van der Waals surface area contributed by atoms with Gasteiger partial charge in [0.05, 0.1) is 16.6 Å². The average molecular weight is 210 g/mol. The number of rotatable bonds is 0. The second kappa shape index (κ2) is 3.17. The largest absolute Gasteiger partial charge is 0.506 e. The molecule has 1 heterocycles. The van der Waals surface area contributed by atoms with Crippen LogP contribution < -0.4 is 0 Å². The van der Waals surface area contributed by atoms with Gasteiger partial charge in [0, 0.05) is 0 Å². The first-order chi connectivity index (χ1) is 7.75. The highest BCUT2D eigenvalue weighted by Crippen LogP contribution is 2.24. The number of phenols is 1. The lowest BCUT2D eigenvalue weighted by Crippen LogP contribution is -1.89. The van der Waals surface area contributed by atoms with Gasteiger partial charge in [-0.15, -0.1) is 0 Å². The SMILES string of the molecule is Cc1cccc2nc3c(O)cccc3nc12. The van der Waals surface area contributed by atoms with Gasteiger partial charge in [-0.2, -0.15) is 0 Å². The molecular weight excluding hydrogens is 200 g/mol. The van der Waals surface area contributed by atoms with Crippen LogP contribution in [0.15, 0.2) is 36.4 Å². The van der Waals surface area contributed by atoms with Crippen LogP contribution in [-0.4, -0.2) is 15.1 Å². The Hall–Kier alpha value is -2.16. The maximum atomic E-state index is 9.70. The van der Waals surface area contributed by atoms with Crippen LogP contribution in [0.4, 0.5) is 0 Å². The summed E-state index contributed by atoms with van der Waals surface area (Å²) in [5.74, 6) is 0.174. The summed E-state index contributed by atoms with van der Waals surface area (Å²) in [5, 5.41) is 9.70. The molecule has 1 aromatic heterocycles. The molecule has 0 saturated heterocycles. The molecule has 3 nitrogen and oxygen atoms in total. The first kappa shape index (κ1) is 9.09. The highest BCUT2D eigenvalue weighted by molar-refractivity contribution is 5.90. The number of nitrogens with zero attached hydrogens (tertiary/aromatic N) is 2. The Morgan fingerprint density at radius 3 is 2.31 bits per heavy atom. The number of para-hydroxylation sites is 2. The summed E-state index contributed by atoms with van der Waals surface area (Å²) in [6.45, 7) is 2.01. The second-order valence-electron chi connectivity index (χ2n) is 3.81. The zero-order valence-corrected chi connectivity index (χ0v) is 8.81. The van der Waals surface area contributed by atoms with Crippen molar-refractivity contribution in [3.8, 4) is 5.75 Å². The van der Waals surface area contributed by atoms with Gasteiger partial charge in [-0.1, -0.05) is 18.2 Å². The Balaban J connectivity index is 2.54. The minimum absolute atomic E-state index is 0.174. The Kier molecular flexibility index (Phi) is 1.80. The topological polar surface area (TPSA) is 46.0 Å². The van der Waals surface area contributed by atoms with Gasteiger partial charge < -0.3 is 5.11 Å². The van der Waals surface area contributed by atoms with Crippen molar-refractivity contribution in [2.45, 2.75) is 6.92 Å². The van der Waals surface area contributed by atoms with E-state index >= 15 is 0 Å². The number of aryl methyl sites for hydroxylation is 1. The minimum atomic E-state index is 0.174. The first-order valence-electron chi connectivity index (χ1n) is 5.11. The third kappa shape index (κ3) is 1.21. The van der Waals surface area contributed by atoms with Crippen LogP contribution in [0.5, 0.6) is 5.75 Å². The van der Waals surface area contributed by atoms with Gasteiger partial charge in [-0.3, -0.25) is 0 Å². The van der Waals surface area contributed by atoms with Crippen LogP contribution in [0.2, 0.25) is 0 Å². The predicted molar refractivity (Wildman–Crippen MR) is 63.4 cm³/mol. The lowest BCUT2D eigenvalue weighted by atomic mass is 10.2. The molecule has 0 aliphatic heterocycles. The van der Waals surface area contributed by atoms with Crippen LogP contribution in [0.25, 0.3) is 22.1 Å². The van der Waals surface area contributed by atoms with Gasteiger partial charge in [-0.25, -0.2) is 9.97 Å². The van der Waals surface area contributed by atoms with Crippen LogP contribution in [-0.2, 0) is 0 Å².